The third kappa shape index (κ3) is 2.46. The van der Waals surface area contributed by atoms with Gasteiger partial charge in [-0.25, -0.2) is 9.67 Å². The second-order valence-corrected chi connectivity index (χ2v) is 4.06. The monoisotopic (exact) mass is 216 g/mol. The standard InChI is InChI=1S/C12H16N4/c1-9-3-10(2)5-11(4-9)7-16-8-14-12(6-13)15-16/h3-5,8H,6-7,13H2,1-2H3. The minimum Gasteiger partial charge on any atom is -0.324 e. The third-order valence-electron chi connectivity index (χ3n) is 2.39. The van der Waals surface area contributed by atoms with Crippen molar-refractivity contribution in [2.75, 3.05) is 0 Å². The van der Waals surface area contributed by atoms with E-state index in [1.807, 2.05) is 4.68 Å². The van der Waals surface area contributed by atoms with Gasteiger partial charge in [0.25, 0.3) is 0 Å². The molecule has 2 aromatic rings. The molecule has 0 aliphatic heterocycles. The summed E-state index contributed by atoms with van der Waals surface area (Å²) in [6.07, 6.45) is 1.72. The molecule has 0 radical (unpaired) electrons. The van der Waals surface area contributed by atoms with Crippen molar-refractivity contribution in [1.82, 2.24) is 14.8 Å². The fourth-order valence-corrected chi connectivity index (χ4v) is 1.85. The van der Waals surface area contributed by atoms with Crippen LogP contribution in [0, 0.1) is 13.8 Å². The Morgan fingerprint density at radius 3 is 2.44 bits per heavy atom. The molecule has 0 spiro atoms. The summed E-state index contributed by atoms with van der Waals surface area (Å²) in [5, 5.41) is 4.26. The first-order valence-electron chi connectivity index (χ1n) is 5.33. The number of hydrogen-bond acceptors (Lipinski definition) is 3. The molecular formula is C12H16N4. The lowest BCUT2D eigenvalue weighted by Crippen LogP contribution is -2.04. The van der Waals surface area contributed by atoms with Crippen LogP contribution in [0.5, 0.6) is 0 Å². The van der Waals surface area contributed by atoms with Crippen LogP contribution >= 0.6 is 0 Å². The fraction of sp³-hybridized carbons (Fsp3) is 0.333. The van der Waals surface area contributed by atoms with E-state index < -0.39 is 0 Å². The van der Waals surface area contributed by atoms with Crippen LogP contribution in [-0.4, -0.2) is 14.8 Å². The molecule has 0 saturated heterocycles. The number of benzene rings is 1. The quantitative estimate of drug-likeness (QED) is 0.843. The average Bonchev–Trinajstić information content (AvgIpc) is 2.64. The van der Waals surface area contributed by atoms with Gasteiger partial charge in [-0.15, -0.1) is 0 Å². The van der Waals surface area contributed by atoms with Crippen LogP contribution in [0.15, 0.2) is 24.5 Å². The van der Waals surface area contributed by atoms with E-state index in [-0.39, 0.29) is 0 Å². The van der Waals surface area contributed by atoms with Crippen molar-refractivity contribution in [3.05, 3.63) is 47.0 Å². The zero-order chi connectivity index (χ0) is 11.5. The van der Waals surface area contributed by atoms with Gasteiger partial charge in [0.2, 0.25) is 0 Å². The van der Waals surface area contributed by atoms with E-state index in [9.17, 15) is 0 Å². The molecule has 1 aromatic heterocycles. The van der Waals surface area contributed by atoms with Gasteiger partial charge in [0, 0.05) is 0 Å². The molecule has 4 heteroatoms. The smallest absolute Gasteiger partial charge is 0.164 e. The maximum absolute atomic E-state index is 5.47. The molecule has 1 heterocycles. The molecular weight excluding hydrogens is 200 g/mol. The minimum absolute atomic E-state index is 0.389. The summed E-state index contributed by atoms with van der Waals surface area (Å²) in [5.41, 5.74) is 9.25. The molecule has 84 valence electrons. The summed E-state index contributed by atoms with van der Waals surface area (Å²) in [6, 6.07) is 6.49. The summed E-state index contributed by atoms with van der Waals surface area (Å²) < 4.78 is 1.82. The fourth-order valence-electron chi connectivity index (χ4n) is 1.85. The highest BCUT2D eigenvalue weighted by molar-refractivity contribution is 5.28. The van der Waals surface area contributed by atoms with E-state index >= 15 is 0 Å². The van der Waals surface area contributed by atoms with Gasteiger partial charge >= 0.3 is 0 Å². The Bertz CT molecular complexity index is 467. The Balaban J connectivity index is 2.19. The number of nitrogens with zero attached hydrogens (tertiary/aromatic N) is 3. The Morgan fingerprint density at radius 2 is 1.88 bits per heavy atom. The molecule has 0 amide bonds. The molecule has 0 unspecified atom stereocenters. The van der Waals surface area contributed by atoms with Crippen molar-refractivity contribution in [3.63, 3.8) is 0 Å². The Kier molecular flexibility index (Phi) is 3.01. The topological polar surface area (TPSA) is 56.7 Å². The number of hydrogen-bond donors (Lipinski definition) is 1. The molecule has 0 bridgehead atoms. The van der Waals surface area contributed by atoms with E-state index in [2.05, 4.69) is 42.1 Å². The van der Waals surface area contributed by atoms with Crippen LogP contribution in [0.1, 0.15) is 22.5 Å². The summed E-state index contributed by atoms with van der Waals surface area (Å²) in [4.78, 5) is 4.10. The SMILES string of the molecule is Cc1cc(C)cc(Cn2cnc(CN)n2)c1. The summed E-state index contributed by atoms with van der Waals surface area (Å²) >= 11 is 0. The molecule has 1 aromatic carbocycles. The highest BCUT2D eigenvalue weighted by Gasteiger charge is 2.01. The molecule has 2 rings (SSSR count). The Labute approximate surface area is 95.1 Å². The van der Waals surface area contributed by atoms with Crippen molar-refractivity contribution in [2.24, 2.45) is 5.73 Å². The van der Waals surface area contributed by atoms with Crippen LogP contribution < -0.4 is 5.73 Å². The second kappa shape index (κ2) is 4.45. The number of aromatic nitrogens is 3. The zero-order valence-corrected chi connectivity index (χ0v) is 9.64. The average molecular weight is 216 g/mol. The van der Waals surface area contributed by atoms with Crippen LogP contribution in [0.2, 0.25) is 0 Å². The largest absolute Gasteiger partial charge is 0.324 e. The van der Waals surface area contributed by atoms with Crippen molar-refractivity contribution >= 4 is 0 Å². The molecule has 0 aliphatic rings. The summed E-state index contributed by atoms with van der Waals surface area (Å²) in [7, 11) is 0. The van der Waals surface area contributed by atoms with Crippen molar-refractivity contribution < 1.29 is 0 Å². The van der Waals surface area contributed by atoms with Gasteiger partial charge in [0.05, 0.1) is 13.1 Å². The Morgan fingerprint density at radius 1 is 1.19 bits per heavy atom. The van der Waals surface area contributed by atoms with Gasteiger partial charge in [-0.3, -0.25) is 0 Å². The van der Waals surface area contributed by atoms with E-state index in [1.165, 1.54) is 16.7 Å². The highest BCUT2D eigenvalue weighted by Crippen LogP contribution is 2.09. The van der Waals surface area contributed by atoms with Crippen LogP contribution in [0.4, 0.5) is 0 Å². The summed E-state index contributed by atoms with van der Waals surface area (Å²) in [6.45, 7) is 5.33. The van der Waals surface area contributed by atoms with E-state index in [4.69, 9.17) is 5.73 Å². The van der Waals surface area contributed by atoms with E-state index in [1.54, 1.807) is 6.33 Å². The third-order valence-corrected chi connectivity index (χ3v) is 2.39. The highest BCUT2D eigenvalue weighted by atomic mass is 15.3. The number of rotatable bonds is 3. The first-order chi connectivity index (χ1) is 7.67. The second-order valence-electron chi connectivity index (χ2n) is 4.06. The first kappa shape index (κ1) is 10.8. The lowest BCUT2D eigenvalue weighted by atomic mass is 10.1. The predicted octanol–water partition coefficient (Wildman–Crippen LogP) is 1.40. The minimum atomic E-state index is 0.389. The van der Waals surface area contributed by atoms with Crippen molar-refractivity contribution in [1.29, 1.82) is 0 Å². The lowest BCUT2D eigenvalue weighted by Gasteiger charge is -2.04. The van der Waals surface area contributed by atoms with Gasteiger partial charge in [0.1, 0.15) is 6.33 Å². The molecule has 4 nitrogen and oxygen atoms in total. The molecule has 16 heavy (non-hydrogen) atoms. The maximum atomic E-state index is 5.47. The molecule has 0 aliphatic carbocycles. The molecule has 0 fully saturated rings. The Hall–Kier alpha value is -1.68. The molecule has 0 saturated carbocycles. The maximum Gasteiger partial charge on any atom is 0.164 e. The van der Waals surface area contributed by atoms with Crippen LogP contribution in [0.3, 0.4) is 0 Å². The van der Waals surface area contributed by atoms with Gasteiger partial charge in [-0.2, -0.15) is 5.10 Å². The first-order valence-corrected chi connectivity index (χ1v) is 5.33. The van der Waals surface area contributed by atoms with Gasteiger partial charge < -0.3 is 5.73 Å². The predicted molar refractivity (Wildman–Crippen MR) is 62.9 cm³/mol. The summed E-state index contributed by atoms with van der Waals surface area (Å²) in [5.74, 6) is 0.685. The van der Waals surface area contributed by atoms with Gasteiger partial charge in [0.15, 0.2) is 5.82 Å². The van der Waals surface area contributed by atoms with Gasteiger partial charge in [-0.05, 0) is 19.4 Å². The van der Waals surface area contributed by atoms with Gasteiger partial charge in [-0.1, -0.05) is 29.3 Å². The normalized spacial score (nSPS) is 10.7. The number of nitrogens with two attached hydrogens (primary N) is 1. The van der Waals surface area contributed by atoms with Crippen molar-refractivity contribution in [3.8, 4) is 0 Å². The van der Waals surface area contributed by atoms with E-state index in [0.717, 1.165) is 6.54 Å². The van der Waals surface area contributed by atoms with Crippen LogP contribution in [0.25, 0.3) is 0 Å². The molecule has 2 N–H and O–H groups in total. The number of aryl methyl sites for hydroxylation is 2. The van der Waals surface area contributed by atoms with E-state index in [0.29, 0.717) is 12.4 Å². The van der Waals surface area contributed by atoms with Crippen LogP contribution in [-0.2, 0) is 13.1 Å². The lowest BCUT2D eigenvalue weighted by molar-refractivity contribution is 0.671. The van der Waals surface area contributed by atoms with Crippen molar-refractivity contribution in [2.45, 2.75) is 26.9 Å². The zero-order valence-electron chi connectivity index (χ0n) is 9.64. The molecule has 0 atom stereocenters.